The van der Waals surface area contributed by atoms with Gasteiger partial charge in [-0.1, -0.05) is 102 Å². The molecule has 1 saturated heterocycles. The van der Waals surface area contributed by atoms with Gasteiger partial charge < -0.3 is 9.80 Å². The molecule has 0 radical (unpaired) electrons. The molecule has 0 bridgehead atoms. The number of rotatable bonds is 14. The Kier molecular flexibility index (Phi) is 10.6. The minimum atomic E-state index is 0.357. The summed E-state index contributed by atoms with van der Waals surface area (Å²) in [5.41, 5.74) is 3.90. The maximum Gasteiger partial charge on any atom is 0.227 e. The number of piperidine rings is 1. The Balaban J connectivity index is 1.32. The van der Waals surface area contributed by atoms with E-state index in [4.69, 9.17) is 0 Å². The predicted molar refractivity (Wildman–Crippen MR) is 138 cm³/mol. The lowest BCUT2D eigenvalue weighted by molar-refractivity contribution is -0.119. The number of amides is 1. The number of carbonyl (C=O) groups is 1. The summed E-state index contributed by atoms with van der Waals surface area (Å²) in [6.07, 6.45) is 19.3. The molecule has 1 fully saturated rings. The quantitative estimate of drug-likeness (QED) is 0.278. The average molecular weight is 441 g/mol. The lowest BCUT2D eigenvalue weighted by atomic mass is 9.89. The van der Waals surface area contributed by atoms with E-state index in [2.05, 4.69) is 48.9 Å². The van der Waals surface area contributed by atoms with Gasteiger partial charge >= 0.3 is 0 Å². The molecule has 1 aromatic carbocycles. The van der Waals surface area contributed by atoms with Crippen molar-refractivity contribution in [2.45, 2.75) is 122 Å². The summed E-state index contributed by atoms with van der Waals surface area (Å²) in [6, 6.07) is 7.07. The van der Waals surface area contributed by atoms with Gasteiger partial charge in [0.2, 0.25) is 5.91 Å². The zero-order chi connectivity index (χ0) is 22.8. The van der Waals surface area contributed by atoms with Crippen molar-refractivity contribution in [3.05, 3.63) is 29.3 Å². The van der Waals surface area contributed by atoms with Gasteiger partial charge in [-0.05, 0) is 45.0 Å². The first-order chi connectivity index (χ1) is 15.6. The molecule has 0 aliphatic carbocycles. The van der Waals surface area contributed by atoms with Crippen LogP contribution in [0.15, 0.2) is 18.2 Å². The van der Waals surface area contributed by atoms with Crippen molar-refractivity contribution in [1.82, 2.24) is 4.90 Å². The van der Waals surface area contributed by atoms with E-state index in [0.717, 1.165) is 25.9 Å². The van der Waals surface area contributed by atoms with Crippen LogP contribution in [0, 0.1) is 6.92 Å². The minimum absolute atomic E-state index is 0.357. The summed E-state index contributed by atoms with van der Waals surface area (Å²) >= 11 is 0. The fraction of sp³-hybridized carbons (Fsp3) is 0.759. The predicted octanol–water partition coefficient (Wildman–Crippen LogP) is 7.61. The molecule has 32 heavy (non-hydrogen) atoms. The zero-order valence-electron chi connectivity index (χ0n) is 21.2. The molecule has 3 rings (SSSR count). The van der Waals surface area contributed by atoms with Gasteiger partial charge in [0.1, 0.15) is 0 Å². The third-order valence-corrected chi connectivity index (χ3v) is 7.72. The highest BCUT2D eigenvalue weighted by Gasteiger charge is 2.43. The second-order valence-electron chi connectivity index (χ2n) is 10.5. The van der Waals surface area contributed by atoms with Crippen molar-refractivity contribution >= 4 is 11.6 Å². The topological polar surface area (TPSA) is 23.6 Å². The number of hydrogen-bond acceptors (Lipinski definition) is 2. The number of hydrogen-bond donors (Lipinski definition) is 0. The number of aryl methyl sites for hydroxylation is 1. The Morgan fingerprint density at radius 1 is 0.906 bits per heavy atom. The first kappa shape index (κ1) is 25.3. The van der Waals surface area contributed by atoms with Crippen molar-refractivity contribution in [3.63, 3.8) is 0 Å². The number of unbranched alkanes of at least 4 members (excludes halogenated alkanes) is 12. The maximum atomic E-state index is 13.2. The monoisotopic (exact) mass is 440 g/mol. The van der Waals surface area contributed by atoms with Gasteiger partial charge in [-0.15, -0.1) is 0 Å². The van der Waals surface area contributed by atoms with E-state index in [1.54, 1.807) is 0 Å². The van der Waals surface area contributed by atoms with E-state index in [0.29, 0.717) is 24.3 Å². The smallest absolute Gasteiger partial charge is 0.227 e. The van der Waals surface area contributed by atoms with E-state index in [-0.39, 0.29) is 0 Å². The highest BCUT2D eigenvalue weighted by atomic mass is 16.2. The Labute approximate surface area is 197 Å². The van der Waals surface area contributed by atoms with Crippen molar-refractivity contribution in [3.8, 4) is 0 Å². The van der Waals surface area contributed by atoms with Crippen LogP contribution in [0.5, 0.6) is 0 Å². The molecule has 1 aromatic rings. The normalized spacial score (nSPS) is 20.4. The number of anilines is 1. The molecule has 2 atom stereocenters. The van der Waals surface area contributed by atoms with E-state index in [9.17, 15) is 4.79 Å². The molecule has 1 amide bonds. The molecule has 0 aromatic heterocycles. The van der Waals surface area contributed by atoms with E-state index < -0.39 is 0 Å². The van der Waals surface area contributed by atoms with Crippen LogP contribution in [0.2, 0.25) is 0 Å². The van der Waals surface area contributed by atoms with Crippen molar-refractivity contribution in [1.29, 1.82) is 0 Å². The van der Waals surface area contributed by atoms with Crippen LogP contribution in [0.3, 0.4) is 0 Å². The maximum absolute atomic E-state index is 13.2. The minimum Gasteiger partial charge on any atom is -0.308 e. The van der Waals surface area contributed by atoms with Crippen LogP contribution >= 0.6 is 0 Å². The van der Waals surface area contributed by atoms with Gasteiger partial charge in [0.15, 0.2) is 0 Å². The van der Waals surface area contributed by atoms with E-state index in [1.165, 1.54) is 93.9 Å². The molecule has 3 heteroatoms. The average Bonchev–Trinajstić information content (AvgIpc) is 3.09. The van der Waals surface area contributed by atoms with Crippen molar-refractivity contribution in [2.75, 3.05) is 25.0 Å². The number of likely N-dealkylation sites (tertiary alicyclic amines) is 1. The number of benzene rings is 1. The van der Waals surface area contributed by atoms with Gasteiger partial charge in [-0.2, -0.15) is 0 Å². The lowest BCUT2D eigenvalue weighted by Crippen LogP contribution is -2.47. The number of nitrogens with zero attached hydrogens (tertiary/aromatic N) is 2. The zero-order valence-corrected chi connectivity index (χ0v) is 21.2. The molecular weight excluding hydrogens is 392 g/mol. The molecule has 0 N–H and O–H groups in total. The fourth-order valence-electron chi connectivity index (χ4n) is 5.82. The molecule has 0 saturated carbocycles. The van der Waals surface area contributed by atoms with Gasteiger partial charge in [-0.3, -0.25) is 4.79 Å². The molecule has 3 nitrogen and oxygen atoms in total. The summed E-state index contributed by atoms with van der Waals surface area (Å²) in [7, 11) is 2.21. The van der Waals surface area contributed by atoms with Crippen molar-refractivity contribution < 1.29 is 4.79 Å². The van der Waals surface area contributed by atoms with Crippen LogP contribution in [0.4, 0.5) is 5.69 Å². The molecule has 180 valence electrons. The molecule has 0 spiro atoms. The summed E-state index contributed by atoms with van der Waals surface area (Å²) in [4.78, 5) is 17.9. The highest BCUT2D eigenvalue weighted by molar-refractivity contribution is 5.96. The molecule has 0 unspecified atom stereocenters. The number of fused-ring (bicyclic) bond motifs is 3. The van der Waals surface area contributed by atoms with Crippen LogP contribution < -0.4 is 4.90 Å². The SMILES string of the molecule is CCCCCCCCCCCCCCCC(=O)N1c2ccc(C)cc2[C@H]2CN(C)CC[C@H]21. The largest absolute Gasteiger partial charge is 0.308 e. The van der Waals surface area contributed by atoms with Crippen LogP contribution in [0.25, 0.3) is 0 Å². The third-order valence-electron chi connectivity index (χ3n) is 7.72. The van der Waals surface area contributed by atoms with Gasteiger partial charge in [-0.25, -0.2) is 0 Å². The second-order valence-corrected chi connectivity index (χ2v) is 10.5. The van der Waals surface area contributed by atoms with Crippen LogP contribution in [0.1, 0.15) is 120 Å². The Morgan fingerprint density at radius 3 is 2.12 bits per heavy atom. The lowest BCUT2D eigenvalue weighted by Gasteiger charge is -2.36. The Bertz CT molecular complexity index is 700. The summed E-state index contributed by atoms with van der Waals surface area (Å²) in [5, 5.41) is 0. The molecular formula is C29H48N2O. The first-order valence-corrected chi connectivity index (χ1v) is 13.7. The number of carbonyl (C=O) groups excluding carboxylic acids is 1. The standard InChI is InChI=1S/C29H48N2O/c1-4-5-6-7-8-9-10-11-12-13-14-15-16-17-29(32)31-27-19-18-24(2)22-25(27)26-23-30(3)21-20-28(26)31/h18-19,22,26,28H,4-17,20-21,23H2,1-3H3/t26-,28-/m1/s1. The van der Waals surface area contributed by atoms with Crippen LogP contribution in [-0.2, 0) is 4.79 Å². The third kappa shape index (κ3) is 7.07. The van der Waals surface area contributed by atoms with Crippen molar-refractivity contribution in [2.24, 2.45) is 0 Å². The van der Waals surface area contributed by atoms with Gasteiger partial charge in [0.25, 0.3) is 0 Å². The Morgan fingerprint density at radius 2 is 1.50 bits per heavy atom. The van der Waals surface area contributed by atoms with Crippen LogP contribution in [-0.4, -0.2) is 37.0 Å². The number of likely N-dealkylation sites (N-methyl/N-ethyl adjacent to an activating group) is 1. The summed E-state index contributed by atoms with van der Waals surface area (Å²) < 4.78 is 0. The summed E-state index contributed by atoms with van der Waals surface area (Å²) in [5.74, 6) is 0.842. The molecule has 2 aliphatic rings. The van der Waals surface area contributed by atoms with Gasteiger partial charge in [0.05, 0.1) is 0 Å². The Hall–Kier alpha value is -1.35. The molecule has 2 heterocycles. The fourth-order valence-corrected chi connectivity index (χ4v) is 5.82. The molecule has 2 aliphatic heterocycles. The summed E-state index contributed by atoms with van der Waals surface area (Å²) in [6.45, 7) is 6.62. The highest BCUT2D eigenvalue weighted by Crippen LogP contribution is 2.45. The van der Waals surface area contributed by atoms with Gasteiger partial charge in [0, 0.05) is 30.6 Å². The van der Waals surface area contributed by atoms with E-state index in [1.807, 2.05) is 0 Å². The second kappa shape index (κ2) is 13.4. The first-order valence-electron chi connectivity index (χ1n) is 13.7. The van der Waals surface area contributed by atoms with E-state index >= 15 is 0 Å².